The van der Waals surface area contributed by atoms with Crippen molar-refractivity contribution in [2.75, 3.05) is 0 Å². The van der Waals surface area contributed by atoms with E-state index < -0.39 is 0 Å². The molecule has 0 fully saturated rings. The van der Waals surface area contributed by atoms with E-state index in [-0.39, 0.29) is 11.1 Å². The first-order chi connectivity index (χ1) is 41.5. The van der Waals surface area contributed by atoms with Crippen LogP contribution in [-0.2, 0) is 0 Å². The second-order valence-electron chi connectivity index (χ2n) is 21.4. The van der Waals surface area contributed by atoms with Crippen molar-refractivity contribution < 1.29 is 0 Å². The molecular weight excluding hydrogens is 1040 g/mol. The Morgan fingerprint density at radius 3 is 1.19 bits per heavy atom. The van der Waals surface area contributed by atoms with Crippen molar-refractivity contribution in [3.8, 4) is 45.4 Å². The van der Waals surface area contributed by atoms with Crippen molar-refractivity contribution in [3.63, 3.8) is 0 Å². The van der Waals surface area contributed by atoms with Crippen molar-refractivity contribution in [2.45, 2.75) is 0 Å². The minimum Gasteiger partial charge on any atom is -0.307 e. The number of para-hydroxylation sites is 6. The van der Waals surface area contributed by atoms with Crippen molar-refractivity contribution in [1.29, 1.82) is 0 Å². The number of benzene rings is 11. The monoisotopic (exact) mass is 1080 g/mol. The number of aromatic nitrogens is 10. The molecule has 18 rings (SSSR count). The summed E-state index contributed by atoms with van der Waals surface area (Å²) in [5, 5.41) is 6.17. The molecule has 0 aliphatic carbocycles. The highest BCUT2D eigenvalue weighted by Crippen LogP contribution is 2.41. The smallest absolute Gasteiger partial charge is 0.267 e. The average Bonchev–Trinajstić information content (AvgIpc) is 1.91. The van der Waals surface area contributed by atoms with Gasteiger partial charge in [-0.25, -0.2) is 28.7 Å². The number of nitrogens with zero attached hydrogens (tertiary/aromatic N) is 10. The third-order valence-electron chi connectivity index (χ3n) is 16.9. The molecule has 0 bridgehead atoms. The molecule has 0 aliphatic heterocycles. The molecule has 0 radical (unpaired) electrons. The minimum atomic E-state index is -0.173. The highest BCUT2D eigenvalue weighted by molar-refractivity contribution is 6.19. The van der Waals surface area contributed by atoms with E-state index in [9.17, 15) is 4.79 Å². The van der Waals surface area contributed by atoms with Crippen molar-refractivity contribution in [1.82, 2.24) is 47.0 Å². The zero-order valence-corrected chi connectivity index (χ0v) is 44.5. The van der Waals surface area contributed by atoms with Gasteiger partial charge in [0.25, 0.3) is 11.1 Å². The molecule has 7 aromatic heterocycles. The lowest BCUT2D eigenvalue weighted by Crippen LogP contribution is -2.18. The molecule has 84 heavy (non-hydrogen) atoms. The van der Waals surface area contributed by atoms with Crippen LogP contribution < -0.4 is 11.1 Å². The lowest BCUT2D eigenvalue weighted by Gasteiger charge is -2.15. The molecule has 18 aromatic rings. The van der Waals surface area contributed by atoms with E-state index in [0.717, 1.165) is 116 Å². The molecule has 0 spiro atoms. The van der Waals surface area contributed by atoms with Gasteiger partial charge in [-0.2, -0.15) is 0 Å². The van der Waals surface area contributed by atoms with Crippen LogP contribution >= 0.6 is 0 Å². The molecule has 12 heteroatoms. The third-order valence-corrected chi connectivity index (χ3v) is 16.9. The first-order valence-electron chi connectivity index (χ1n) is 27.9. The van der Waals surface area contributed by atoms with Gasteiger partial charge in [-0.3, -0.25) is 23.3 Å². The fraction of sp³-hybridized carbons (Fsp3) is 0. The zero-order valence-electron chi connectivity index (χ0n) is 44.5. The van der Waals surface area contributed by atoms with Crippen molar-refractivity contribution >= 4 is 110 Å². The third kappa shape index (κ3) is 6.41. The van der Waals surface area contributed by atoms with Gasteiger partial charge >= 0.3 is 0 Å². The van der Waals surface area contributed by atoms with E-state index in [1.165, 1.54) is 0 Å². The van der Waals surface area contributed by atoms with Gasteiger partial charge in [0, 0.05) is 49.6 Å². The van der Waals surface area contributed by atoms with Crippen LogP contribution in [0, 0.1) is 0 Å². The summed E-state index contributed by atoms with van der Waals surface area (Å²) in [6, 6.07) is 85.9. The first kappa shape index (κ1) is 46.0. The molecule has 0 saturated heterocycles. The van der Waals surface area contributed by atoms with Gasteiger partial charge in [0.2, 0.25) is 17.5 Å². The van der Waals surface area contributed by atoms with Crippen molar-refractivity contribution in [3.05, 3.63) is 275 Å². The number of rotatable bonds is 6. The maximum absolute atomic E-state index is 15.2. The Hall–Kier alpha value is -11.8. The second kappa shape index (κ2) is 17.4. The normalized spacial score (nSPS) is 12.1. The molecule has 0 atom stereocenters. The fourth-order valence-electron chi connectivity index (χ4n) is 13.2. The summed E-state index contributed by atoms with van der Waals surface area (Å²) in [6.07, 6.45) is 0. The van der Waals surface area contributed by atoms with Gasteiger partial charge in [0.15, 0.2) is 0 Å². The highest BCUT2D eigenvalue weighted by Gasteiger charge is 2.26. The topological polar surface area (TPSA) is 114 Å². The lowest BCUT2D eigenvalue weighted by atomic mass is 10.0. The second-order valence-corrected chi connectivity index (χ2v) is 21.4. The maximum atomic E-state index is 15.2. The van der Waals surface area contributed by atoms with Gasteiger partial charge < -0.3 is 4.57 Å². The molecule has 0 amide bonds. The Morgan fingerprint density at radius 1 is 0.250 bits per heavy atom. The van der Waals surface area contributed by atoms with E-state index in [1.807, 2.05) is 140 Å². The minimum absolute atomic E-state index is 0.124. The summed E-state index contributed by atoms with van der Waals surface area (Å²) in [5.41, 5.74) is 15.0. The van der Waals surface area contributed by atoms with Crippen LogP contribution in [0.1, 0.15) is 0 Å². The molecule has 392 valence electrons. The summed E-state index contributed by atoms with van der Waals surface area (Å²) in [7, 11) is 0. The SMILES string of the molecule is O=c1c2ccccc2n(-c2ccccc2)c2nc3ccc4c5ccccc5n(-c5ccc(-c6ccc(-n7c8ccccc8c(=O)n8c9c(ccc%10c%11ccccc%11n(-c%11nc(-c%12ccccc%12)c%12ccccc%12n%11)c%109)nc78)cc6)cc5)c4c3n12. The molecule has 0 aliphatic rings. The molecule has 7 heterocycles. The highest BCUT2D eigenvalue weighted by atomic mass is 16.1. The standard InChI is InChI=1S/C72H42N10O2/c83-68-54-24-10-15-29-61(54)78(46-19-5-2-6-20-46)71-74-57-41-39-51-49-21-8-13-27-59(49)77(64(51)66(57)81(68)71)47-35-31-43(32-36-47)44-33-37-48(38-34-44)79-62-30-16-11-25-55(62)69(84)82-67-58(75-72(79)82)42-40-52-50-22-9-14-28-60(50)80(65(52)67)70-73-56-26-12-7-23-53(56)63(76-70)45-17-3-1-4-18-45/h1-42H. The van der Waals surface area contributed by atoms with E-state index in [4.69, 9.17) is 19.9 Å². The number of hydrogen-bond acceptors (Lipinski definition) is 6. The van der Waals surface area contributed by atoms with E-state index >= 15 is 4.79 Å². The summed E-state index contributed by atoms with van der Waals surface area (Å²) in [6.45, 7) is 0. The van der Waals surface area contributed by atoms with Crippen LogP contribution in [0.3, 0.4) is 0 Å². The molecule has 11 aromatic carbocycles. The fourth-order valence-corrected chi connectivity index (χ4v) is 13.2. The summed E-state index contributed by atoms with van der Waals surface area (Å²) in [5.74, 6) is 1.53. The number of fused-ring (bicyclic) bond motifs is 17. The van der Waals surface area contributed by atoms with Crippen LogP contribution in [-0.4, -0.2) is 47.0 Å². The number of hydrogen-bond donors (Lipinski definition) is 0. The largest absolute Gasteiger partial charge is 0.307 e. The van der Waals surface area contributed by atoms with Crippen LogP contribution in [0.15, 0.2) is 264 Å². The van der Waals surface area contributed by atoms with Gasteiger partial charge in [-0.05, 0) is 114 Å². The van der Waals surface area contributed by atoms with Gasteiger partial charge in [0.1, 0.15) is 11.0 Å². The average molecular weight is 1080 g/mol. The number of imidazole rings is 2. The first-order valence-corrected chi connectivity index (χ1v) is 27.9. The van der Waals surface area contributed by atoms with Crippen LogP contribution in [0.4, 0.5) is 0 Å². The van der Waals surface area contributed by atoms with Gasteiger partial charge in [-0.1, -0.05) is 152 Å². The summed E-state index contributed by atoms with van der Waals surface area (Å²) >= 11 is 0. The Labute approximate surface area is 475 Å². The predicted octanol–water partition coefficient (Wildman–Crippen LogP) is 15.4. The molecule has 0 N–H and O–H groups in total. The van der Waals surface area contributed by atoms with E-state index in [2.05, 4.69) is 134 Å². The van der Waals surface area contributed by atoms with Crippen LogP contribution in [0.2, 0.25) is 0 Å². The lowest BCUT2D eigenvalue weighted by molar-refractivity contribution is 1.00. The Kier molecular flexibility index (Phi) is 9.52. The van der Waals surface area contributed by atoms with Gasteiger partial charge in [0.05, 0.1) is 66.1 Å². The van der Waals surface area contributed by atoms with Crippen LogP contribution in [0.5, 0.6) is 0 Å². The van der Waals surface area contributed by atoms with E-state index in [0.29, 0.717) is 39.3 Å². The van der Waals surface area contributed by atoms with E-state index in [1.54, 1.807) is 8.80 Å². The predicted molar refractivity (Wildman–Crippen MR) is 338 cm³/mol. The van der Waals surface area contributed by atoms with Crippen molar-refractivity contribution in [2.24, 2.45) is 0 Å². The zero-order chi connectivity index (χ0) is 55.3. The van der Waals surface area contributed by atoms with Gasteiger partial charge in [-0.15, -0.1) is 0 Å². The summed E-state index contributed by atoms with van der Waals surface area (Å²) < 4.78 is 12.1. The quantitative estimate of drug-likeness (QED) is 0.164. The maximum Gasteiger partial charge on any atom is 0.267 e. The van der Waals surface area contributed by atoms with Crippen LogP contribution in [0.25, 0.3) is 155 Å². The molecular formula is C72H42N10O2. The molecule has 0 saturated carbocycles. The molecule has 12 nitrogen and oxygen atoms in total. The Balaban J connectivity index is 0.798. The Morgan fingerprint density at radius 2 is 0.655 bits per heavy atom. The Bertz CT molecular complexity index is 5950. The summed E-state index contributed by atoms with van der Waals surface area (Å²) in [4.78, 5) is 51.3. The molecule has 0 unspecified atom stereocenters.